The first kappa shape index (κ1) is 15.3. The predicted molar refractivity (Wildman–Crippen MR) is 88.9 cm³/mol. The van der Waals surface area contributed by atoms with Gasteiger partial charge in [-0.15, -0.1) is 5.10 Å². The number of amides is 1. The van der Waals surface area contributed by atoms with Crippen LogP contribution in [0.25, 0.3) is 5.69 Å². The summed E-state index contributed by atoms with van der Waals surface area (Å²) in [5.41, 5.74) is 2.56. The van der Waals surface area contributed by atoms with E-state index in [1.165, 1.54) is 6.42 Å². The number of para-hydroxylation sites is 1. The maximum absolute atomic E-state index is 12.7. The summed E-state index contributed by atoms with van der Waals surface area (Å²) in [5, 5.41) is 8.44. The molecule has 126 valence electrons. The lowest BCUT2D eigenvalue weighted by atomic mass is 9.79. The summed E-state index contributed by atoms with van der Waals surface area (Å²) in [4.78, 5) is 14.6. The fourth-order valence-corrected chi connectivity index (χ4v) is 3.52. The maximum atomic E-state index is 12.7. The van der Waals surface area contributed by atoms with E-state index in [2.05, 4.69) is 10.3 Å². The average Bonchev–Trinajstić information content (AvgIpc) is 2.95. The van der Waals surface area contributed by atoms with Crippen LogP contribution in [0.5, 0.6) is 0 Å². The van der Waals surface area contributed by atoms with Gasteiger partial charge < -0.3 is 9.64 Å². The van der Waals surface area contributed by atoms with Crippen LogP contribution in [0.2, 0.25) is 0 Å². The van der Waals surface area contributed by atoms with Crippen molar-refractivity contribution in [2.24, 2.45) is 0 Å². The SMILES string of the molecule is Cc1c(CC(=O)N2CCOC3(CCC3)C2)nnn1-c1ccccc1. The molecule has 2 heterocycles. The number of carbonyl (C=O) groups excluding carboxylic acids is 1. The number of benzene rings is 1. The molecule has 0 radical (unpaired) electrons. The van der Waals surface area contributed by atoms with Gasteiger partial charge in [-0.2, -0.15) is 0 Å². The van der Waals surface area contributed by atoms with Crippen molar-refractivity contribution in [3.63, 3.8) is 0 Å². The number of carbonyl (C=O) groups is 1. The monoisotopic (exact) mass is 326 g/mol. The van der Waals surface area contributed by atoms with E-state index in [0.717, 1.165) is 36.5 Å². The summed E-state index contributed by atoms with van der Waals surface area (Å²) in [6.45, 7) is 3.99. The second kappa shape index (κ2) is 6.02. The Morgan fingerprint density at radius 3 is 2.79 bits per heavy atom. The van der Waals surface area contributed by atoms with Gasteiger partial charge in [0.2, 0.25) is 5.91 Å². The molecule has 0 N–H and O–H groups in total. The van der Waals surface area contributed by atoms with Gasteiger partial charge >= 0.3 is 0 Å². The second-order valence-corrected chi connectivity index (χ2v) is 6.75. The van der Waals surface area contributed by atoms with Crippen molar-refractivity contribution in [3.8, 4) is 5.69 Å². The molecule has 1 aromatic heterocycles. The second-order valence-electron chi connectivity index (χ2n) is 6.75. The van der Waals surface area contributed by atoms with Gasteiger partial charge in [-0.25, -0.2) is 4.68 Å². The smallest absolute Gasteiger partial charge is 0.228 e. The van der Waals surface area contributed by atoms with Gasteiger partial charge in [0, 0.05) is 13.1 Å². The van der Waals surface area contributed by atoms with Gasteiger partial charge in [0.1, 0.15) is 0 Å². The summed E-state index contributed by atoms with van der Waals surface area (Å²) in [7, 11) is 0. The average molecular weight is 326 g/mol. The lowest BCUT2D eigenvalue weighted by Crippen LogP contribution is -2.57. The van der Waals surface area contributed by atoms with Crippen LogP contribution < -0.4 is 0 Å². The summed E-state index contributed by atoms with van der Waals surface area (Å²) in [5.74, 6) is 0.118. The van der Waals surface area contributed by atoms with Crippen LogP contribution in [0.1, 0.15) is 30.7 Å². The summed E-state index contributed by atoms with van der Waals surface area (Å²) >= 11 is 0. The van der Waals surface area contributed by atoms with E-state index in [4.69, 9.17) is 4.74 Å². The minimum absolute atomic E-state index is 0.0649. The standard InChI is InChI=1S/C18H22N4O2/c1-14-16(19-20-22(14)15-6-3-2-4-7-15)12-17(23)21-10-11-24-18(13-21)8-5-9-18/h2-4,6-7H,5,8-13H2,1H3. The highest BCUT2D eigenvalue weighted by atomic mass is 16.5. The summed E-state index contributed by atoms with van der Waals surface area (Å²) in [6.07, 6.45) is 3.64. The summed E-state index contributed by atoms with van der Waals surface area (Å²) < 4.78 is 7.68. The molecule has 6 nitrogen and oxygen atoms in total. The van der Waals surface area contributed by atoms with Crippen LogP contribution in [0.3, 0.4) is 0 Å². The predicted octanol–water partition coefficient (Wildman–Crippen LogP) is 1.90. The van der Waals surface area contributed by atoms with Crippen LogP contribution in [-0.2, 0) is 16.0 Å². The van der Waals surface area contributed by atoms with E-state index in [1.54, 1.807) is 4.68 Å². The first-order valence-corrected chi connectivity index (χ1v) is 8.55. The fourth-order valence-electron chi connectivity index (χ4n) is 3.52. The molecule has 2 aromatic rings. The van der Waals surface area contributed by atoms with Crippen LogP contribution in [0.4, 0.5) is 0 Å². The Labute approximate surface area is 141 Å². The Balaban J connectivity index is 1.47. The molecule has 1 spiro atoms. The summed E-state index contributed by atoms with van der Waals surface area (Å²) in [6, 6.07) is 9.86. The number of hydrogen-bond donors (Lipinski definition) is 0. The first-order valence-electron chi connectivity index (χ1n) is 8.55. The van der Waals surface area contributed by atoms with Gasteiger partial charge in [-0.05, 0) is 38.3 Å². The van der Waals surface area contributed by atoms with Crippen molar-refractivity contribution < 1.29 is 9.53 Å². The molecule has 1 amide bonds. The van der Waals surface area contributed by atoms with Gasteiger partial charge in [-0.3, -0.25) is 4.79 Å². The minimum atomic E-state index is -0.0649. The highest BCUT2D eigenvalue weighted by molar-refractivity contribution is 5.78. The lowest BCUT2D eigenvalue weighted by molar-refractivity contribution is -0.167. The van der Waals surface area contributed by atoms with E-state index >= 15 is 0 Å². The number of aromatic nitrogens is 3. The molecule has 1 aliphatic heterocycles. The highest BCUT2D eigenvalue weighted by Gasteiger charge is 2.43. The van der Waals surface area contributed by atoms with Crippen molar-refractivity contribution >= 4 is 5.91 Å². The molecule has 1 aliphatic carbocycles. The molecule has 6 heteroatoms. The Bertz CT molecular complexity index is 737. The molecular weight excluding hydrogens is 304 g/mol. The van der Waals surface area contributed by atoms with Crippen LogP contribution in [0.15, 0.2) is 30.3 Å². The molecule has 24 heavy (non-hydrogen) atoms. The first-order chi connectivity index (χ1) is 11.7. The maximum Gasteiger partial charge on any atom is 0.228 e. The van der Waals surface area contributed by atoms with E-state index in [9.17, 15) is 4.79 Å². The molecule has 1 aromatic carbocycles. The van der Waals surface area contributed by atoms with Crippen molar-refractivity contribution in [2.75, 3.05) is 19.7 Å². The molecular formula is C18H22N4O2. The van der Waals surface area contributed by atoms with Gasteiger partial charge in [-0.1, -0.05) is 23.4 Å². The number of nitrogens with zero attached hydrogens (tertiary/aromatic N) is 4. The number of ether oxygens (including phenoxy) is 1. The zero-order valence-electron chi connectivity index (χ0n) is 13.9. The number of rotatable bonds is 3. The number of morpholine rings is 1. The van der Waals surface area contributed by atoms with Crippen molar-refractivity contribution in [2.45, 2.75) is 38.2 Å². The Morgan fingerprint density at radius 2 is 2.08 bits per heavy atom. The molecule has 0 unspecified atom stereocenters. The van der Waals surface area contributed by atoms with Crippen LogP contribution in [0, 0.1) is 6.92 Å². The molecule has 1 saturated heterocycles. The highest BCUT2D eigenvalue weighted by Crippen LogP contribution is 2.38. The van der Waals surface area contributed by atoms with Gasteiger partial charge in [0.05, 0.1) is 35.7 Å². The van der Waals surface area contributed by atoms with E-state index in [0.29, 0.717) is 19.6 Å². The molecule has 2 aliphatic rings. The molecule has 4 rings (SSSR count). The van der Waals surface area contributed by atoms with Crippen molar-refractivity contribution in [3.05, 3.63) is 41.7 Å². The minimum Gasteiger partial charge on any atom is -0.371 e. The van der Waals surface area contributed by atoms with E-state index in [-0.39, 0.29) is 11.5 Å². The molecule has 1 saturated carbocycles. The van der Waals surface area contributed by atoms with Gasteiger partial charge in [0.15, 0.2) is 0 Å². The normalized spacial score (nSPS) is 19.3. The third-order valence-electron chi connectivity index (χ3n) is 5.18. The third kappa shape index (κ3) is 2.71. The molecule has 2 fully saturated rings. The van der Waals surface area contributed by atoms with Crippen molar-refractivity contribution in [1.82, 2.24) is 19.9 Å². The largest absolute Gasteiger partial charge is 0.371 e. The van der Waals surface area contributed by atoms with E-state index < -0.39 is 0 Å². The Kier molecular flexibility index (Phi) is 3.84. The lowest BCUT2D eigenvalue weighted by Gasteiger charge is -2.48. The fraction of sp³-hybridized carbons (Fsp3) is 0.500. The van der Waals surface area contributed by atoms with Crippen LogP contribution >= 0.6 is 0 Å². The quantitative estimate of drug-likeness (QED) is 0.864. The van der Waals surface area contributed by atoms with E-state index in [1.807, 2.05) is 42.2 Å². The molecule has 0 atom stereocenters. The van der Waals surface area contributed by atoms with Crippen LogP contribution in [-0.4, -0.2) is 51.1 Å². The van der Waals surface area contributed by atoms with Gasteiger partial charge in [0.25, 0.3) is 0 Å². The number of hydrogen-bond acceptors (Lipinski definition) is 4. The zero-order chi connectivity index (χ0) is 16.6. The third-order valence-corrected chi connectivity index (χ3v) is 5.18. The zero-order valence-corrected chi connectivity index (χ0v) is 13.9. The Morgan fingerprint density at radius 1 is 1.29 bits per heavy atom. The Hall–Kier alpha value is -2.21. The molecule has 0 bridgehead atoms. The van der Waals surface area contributed by atoms with Crippen molar-refractivity contribution in [1.29, 1.82) is 0 Å². The topological polar surface area (TPSA) is 60.3 Å².